The van der Waals surface area contributed by atoms with E-state index >= 15 is 0 Å². The second kappa shape index (κ2) is 9.20. The molecule has 0 spiro atoms. The Morgan fingerprint density at radius 1 is 1.18 bits per heavy atom. The molecule has 0 aliphatic heterocycles. The quantitative estimate of drug-likeness (QED) is 0.688. The van der Waals surface area contributed by atoms with Gasteiger partial charge in [0.15, 0.2) is 6.04 Å². The number of nitrogens with one attached hydrogen (secondary N) is 1. The van der Waals surface area contributed by atoms with Gasteiger partial charge in [-0.3, -0.25) is 4.79 Å². The smallest absolute Gasteiger partial charge is 0.330 e. The van der Waals surface area contributed by atoms with E-state index in [0.717, 1.165) is 30.4 Å². The van der Waals surface area contributed by atoms with E-state index in [0.29, 0.717) is 12.2 Å². The summed E-state index contributed by atoms with van der Waals surface area (Å²) in [5, 5.41) is 11.9. The molecule has 0 fully saturated rings. The number of hydrogen-bond acceptors (Lipinski definition) is 3. The Labute approximate surface area is 131 Å². The van der Waals surface area contributed by atoms with Gasteiger partial charge in [0, 0.05) is 6.61 Å². The zero-order valence-electron chi connectivity index (χ0n) is 13.5. The van der Waals surface area contributed by atoms with Crippen LogP contribution in [0.5, 0.6) is 0 Å². The van der Waals surface area contributed by atoms with Gasteiger partial charge in [-0.1, -0.05) is 49.1 Å². The van der Waals surface area contributed by atoms with Crippen LogP contribution in [0.3, 0.4) is 0 Å². The lowest BCUT2D eigenvalue weighted by molar-refractivity contribution is -0.142. The second-order valence-electron chi connectivity index (χ2n) is 5.52. The van der Waals surface area contributed by atoms with Crippen LogP contribution in [0.1, 0.15) is 48.9 Å². The molecule has 122 valence electrons. The Morgan fingerprint density at radius 3 is 2.36 bits per heavy atom. The van der Waals surface area contributed by atoms with E-state index < -0.39 is 17.9 Å². The monoisotopic (exact) mass is 307 g/mol. The second-order valence-corrected chi connectivity index (χ2v) is 5.52. The van der Waals surface area contributed by atoms with E-state index in [-0.39, 0.29) is 6.61 Å². The Kier molecular flexibility index (Phi) is 7.60. The highest BCUT2D eigenvalue weighted by atomic mass is 16.5. The highest BCUT2D eigenvalue weighted by Gasteiger charge is 2.22. The minimum atomic E-state index is -1.08. The molecule has 5 nitrogen and oxygen atoms in total. The summed E-state index contributed by atoms with van der Waals surface area (Å²) in [6.45, 7) is 6.29. The number of amides is 1. The first-order valence-electron chi connectivity index (χ1n) is 7.62. The van der Waals surface area contributed by atoms with Crippen molar-refractivity contribution in [2.75, 3.05) is 13.2 Å². The summed E-state index contributed by atoms with van der Waals surface area (Å²) in [7, 11) is 0. The van der Waals surface area contributed by atoms with Crippen LogP contribution in [-0.2, 0) is 14.3 Å². The van der Waals surface area contributed by atoms with Crippen molar-refractivity contribution in [3.63, 3.8) is 0 Å². The van der Waals surface area contributed by atoms with Gasteiger partial charge in [0.05, 0.1) is 0 Å². The lowest BCUT2D eigenvalue weighted by Crippen LogP contribution is -2.36. The van der Waals surface area contributed by atoms with Gasteiger partial charge in [0.25, 0.3) is 0 Å². The molecule has 2 N–H and O–H groups in total. The molecule has 0 heterocycles. The third-order valence-corrected chi connectivity index (χ3v) is 3.26. The number of carboxylic acids is 1. The minimum absolute atomic E-state index is 0.113. The summed E-state index contributed by atoms with van der Waals surface area (Å²) in [5.41, 5.74) is 2.50. The van der Waals surface area contributed by atoms with Crippen LogP contribution in [0.25, 0.3) is 0 Å². The maximum atomic E-state index is 11.8. The number of benzene rings is 1. The molecule has 22 heavy (non-hydrogen) atoms. The molecular formula is C17H25NO4. The molecular weight excluding hydrogens is 282 g/mol. The Morgan fingerprint density at radius 2 is 1.82 bits per heavy atom. The first-order chi connectivity index (χ1) is 10.4. The van der Waals surface area contributed by atoms with Gasteiger partial charge < -0.3 is 15.2 Å². The summed E-state index contributed by atoms with van der Waals surface area (Å²) in [4.78, 5) is 23.3. The van der Waals surface area contributed by atoms with Gasteiger partial charge in [-0.25, -0.2) is 4.79 Å². The van der Waals surface area contributed by atoms with E-state index in [1.165, 1.54) is 0 Å². The largest absolute Gasteiger partial charge is 0.479 e. The predicted molar refractivity (Wildman–Crippen MR) is 84.8 cm³/mol. The Hall–Kier alpha value is -1.88. The summed E-state index contributed by atoms with van der Waals surface area (Å²) < 4.78 is 5.26. The molecule has 0 bridgehead atoms. The van der Waals surface area contributed by atoms with Crippen LogP contribution < -0.4 is 5.32 Å². The lowest BCUT2D eigenvalue weighted by atomic mass is 10.0. The van der Waals surface area contributed by atoms with Crippen LogP contribution in [0.15, 0.2) is 18.2 Å². The molecule has 0 saturated heterocycles. The Bertz CT molecular complexity index is 493. The molecule has 0 aromatic heterocycles. The molecule has 1 aromatic carbocycles. The minimum Gasteiger partial charge on any atom is -0.479 e. The number of carbonyl (C=O) groups is 2. The number of carboxylic acid groups (broad SMARTS) is 1. The summed E-state index contributed by atoms with van der Waals surface area (Å²) in [5.74, 6) is -1.49. The fourth-order valence-corrected chi connectivity index (χ4v) is 2.29. The number of ether oxygens (including phenoxy) is 1. The maximum Gasteiger partial charge on any atom is 0.330 e. The third-order valence-electron chi connectivity index (χ3n) is 3.26. The molecule has 0 aliphatic carbocycles. The van der Waals surface area contributed by atoms with Gasteiger partial charge >= 0.3 is 5.97 Å². The van der Waals surface area contributed by atoms with Crippen molar-refractivity contribution in [1.29, 1.82) is 0 Å². The number of unbranched alkanes of at least 4 members (excludes halogenated alkanes) is 2. The lowest BCUT2D eigenvalue weighted by Gasteiger charge is -2.16. The molecule has 0 saturated carbocycles. The first kappa shape index (κ1) is 18.2. The highest BCUT2D eigenvalue weighted by molar-refractivity contribution is 5.85. The number of hydrogen-bond donors (Lipinski definition) is 2. The van der Waals surface area contributed by atoms with E-state index in [1.807, 2.05) is 19.9 Å². The third kappa shape index (κ3) is 6.26. The summed E-state index contributed by atoms with van der Waals surface area (Å²) in [6, 6.07) is 4.45. The zero-order valence-corrected chi connectivity index (χ0v) is 13.5. The molecule has 0 aliphatic rings. The average molecular weight is 307 g/mol. The van der Waals surface area contributed by atoms with Crippen LogP contribution in [0.4, 0.5) is 0 Å². The average Bonchev–Trinajstić information content (AvgIpc) is 2.43. The van der Waals surface area contributed by atoms with Crippen LogP contribution >= 0.6 is 0 Å². The van der Waals surface area contributed by atoms with Crippen LogP contribution in [0.2, 0.25) is 0 Å². The van der Waals surface area contributed by atoms with Crippen molar-refractivity contribution in [2.45, 2.75) is 46.1 Å². The fourth-order valence-electron chi connectivity index (χ4n) is 2.29. The molecule has 0 radical (unpaired) electrons. The van der Waals surface area contributed by atoms with Crippen molar-refractivity contribution >= 4 is 11.9 Å². The molecule has 1 rings (SSSR count). The number of aryl methyl sites for hydroxylation is 2. The van der Waals surface area contributed by atoms with Crippen molar-refractivity contribution in [3.8, 4) is 0 Å². The van der Waals surface area contributed by atoms with Crippen LogP contribution in [0, 0.1) is 13.8 Å². The van der Waals surface area contributed by atoms with Crippen molar-refractivity contribution in [2.24, 2.45) is 0 Å². The van der Waals surface area contributed by atoms with Gasteiger partial charge in [0.2, 0.25) is 5.91 Å². The molecule has 1 atom stereocenters. The standard InChI is InChI=1S/C17H25NO4/c1-4-5-6-7-22-11-15(19)18-16(17(20)21)14-9-12(2)8-13(3)10-14/h8-10,16H,4-7,11H2,1-3H3,(H,18,19)(H,20,21). The maximum absolute atomic E-state index is 11.8. The first-order valence-corrected chi connectivity index (χ1v) is 7.62. The number of rotatable bonds is 9. The van der Waals surface area contributed by atoms with E-state index in [9.17, 15) is 14.7 Å². The fraction of sp³-hybridized carbons (Fsp3) is 0.529. The predicted octanol–water partition coefficient (Wildman–Crippen LogP) is 2.75. The van der Waals surface area contributed by atoms with E-state index in [1.54, 1.807) is 12.1 Å². The molecule has 1 aromatic rings. The Balaban J connectivity index is 2.61. The highest BCUT2D eigenvalue weighted by Crippen LogP contribution is 2.17. The number of aliphatic carboxylic acids is 1. The molecule has 1 unspecified atom stereocenters. The summed E-state index contributed by atoms with van der Waals surface area (Å²) in [6.07, 6.45) is 3.05. The zero-order chi connectivity index (χ0) is 16.5. The SMILES string of the molecule is CCCCCOCC(=O)NC(C(=O)O)c1cc(C)cc(C)c1. The molecule has 1 amide bonds. The number of carbonyl (C=O) groups excluding carboxylic acids is 1. The van der Waals surface area contributed by atoms with Crippen LogP contribution in [-0.4, -0.2) is 30.2 Å². The van der Waals surface area contributed by atoms with Gasteiger partial charge in [0.1, 0.15) is 6.61 Å². The normalized spacial score (nSPS) is 12.0. The van der Waals surface area contributed by atoms with E-state index in [2.05, 4.69) is 12.2 Å². The van der Waals surface area contributed by atoms with Crippen molar-refractivity contribution in [1.82, 2.24) is 5.32 Å². The van der Waals surface area contributed by atoms with Crippen molar-refractivity contribution < 1.29 is 19.4 Å². The van der Waals surface area contributed by atoms with Gasteiger partial charge in [-0.15, -0.1) is 0 Å². The summed E-state index contributed by atoms with van der Waals surface area (Å²) >= 11 is 0. The molecule has 5 heteroatoms. The van der Waals surface area contributed by atoms with E-state index in [4.69, 9.17) is 4.74 Å². The van der Waals surface area contributed by atoms with Gasteiger partial charge in [-0.05, 0) is 25.8 Å². The topological polar surface area (TPSA) is 75.6 Å². The van der Waals surface area contributed by atoms with Gasteiger partial charge in [-0.2, -0.15) is 0 Å². The van der Waals surface area contributed by atoms with Crippen molar-refractivity contribution in [3.05, 3.63) is 34.9 Å².